The van der Waals surface area contributed by atoms with E-state index < -0.39 is 0 Å². The lowest BCUT2D eigenvalue weighted by Gasteiger charge is -2.27. The van der Waals surface area contributed by atoms with Gasteiger partial charge in [-0.3, -0.25) is 0 Å². The molecule has 1 fully saturated rings. The molecule has 1 rings (SSSR count). The SMILES string of the molecule is CCCN(C)C[C@H]1CCCCN1. The van der Waals surface area contributed by atoms with Gasteiger partial charge in [0.25, 0.3) is 0 Å². The molecule has 1 aliphatic rings. The van der Waals surface area contributed by atoms with E-state index in [9.17, 15) is 0 Å². The van der Waals surface area contributed by atoms with Gasteiger partial charge in [-0.15, -0.1) is 0 Å². The average Bonchev–Trinajstić information content (AvgIpc) is 2.06. The monoisotopic (exact) mass is 170 g/mol. The van der Waals surface area contributed by atoms with Crippen molar-refractivity contribution in [1.29, 1.82) is 0 Å². The first-order valence-corrected chi connectivity index (χ1v) is 5.25. The molecule has 1 atom stereocenters. The highest BCUT2D eigenvalue weighted by Gasteiger charge is 2.13. The topological polar surface area (TPSA) is 15.3 Å². The van der Waals surface area contributed by atoms with Crippen LogP contribution in [-0.2, 0) is 0 Å². The molecule has 1 N–H and O–H groups in total. The van der Waals surface area contributed by atoms with Crippen molar-refractivity contribution in [2.45, 2.75) is 38.6 Å². The van der Waals surface area contributed by atoms with Crippen molar-refractivity contribution in [3.8, 4) is 0 Å². The van der Waals surface area contributed by atoms with Crippen LogP contribution in [-0.4, -0.2) is 37.6 Å². The van der Waals surface area contributed by atoms with Gasteiger partial charge < -0.3 is 10.2 Å². The van der Waals surface area contributed by atoms with Crippen LogP contribution in [0, 0.1) is 0 Å². The van der Waals surface area contributed by atoms with Crippen LogP contribution in [0.1, 0.15) is 32.6 Å². The quantitative estimate of drug-likeness (QED) is 0.687. The first-order chi connectivity index (χ1) is 5.83. The second-order valence-electron chi connectivity index (χ2n) is 3.91. The Morgan fingerprint density at radius 3 is 2.83 bits per heavy atom. The van der Waals surface area contributed by atoms with Gasteiger partial charge in [-0.05, 0) is 39.4 Å². The van der Waals surface area contributed by atoms with Gasteiger partial charge in [0.05, 0.1) is 0 Å². The smallest absolute Gasteiger partial charge is 0.0194 e. The molecule has 0 radical (unpaired) electrons. The fourth-order valence-corrected chi connectivity index (χ4v) is 1.93. The zero-order chi connectivity index (χ0) is 8.81. The predicted molar refractivity (Wildman–Crippen MR) is 53.4 cm³/mol. The highest BCUT2D eigenvalue weighted by atomic mass is 15.1. The van der Waals surface area contributed by atoms with Gasteiger partial charge >= 0.3 is 0 Å². The van der Waals surface area contributed by atoms with Crippen molar-refractivity contribution in [1.82, 2.24) is 10.2 Å². The summed E-state index contributed by atoms with van der Waals surface area (Å²) in [6.07, 6.45) is 5.42. The van der Waals surface area contributed by atoms with E-state index in [1.807, 2.05) is 0 Å². The van der Waals surface area contributed by atoms with Crippen molar-refractivity contribution in [2.24, 2.45) is 0 Å². The molecule has 0 aromatic heterocycles. The largest absolute Gasteiger partial charge is 0.313 e. The summed E-state index contributed by atoms with van der Waals surface area (Å²) in [6.45, 7) is 5.93. The van der Waals surface area contributed by atoms with E-state index in [2.05, 4.69) is 24.2 Å². The third kappa shape index (κ3) is 3.55. The van der Waals surface area contributed by atoms with Gasteiger partial charge in [-0.2, -0.15) is 0 Å². The Hall–Kier alpha value is -0.0800. The van der Waals surface area contributed by atoms with Crippen molar-refractivity contribution in [3.63, 3.8) is 0 Å². The van der Waals surface area contributed by atoms with E-state index in [1.165, 1.54) is 45.3 Å². The van der Waals surface area contributed by atoms with E-state index in [0.717, 1.165) is 6.04 Å². The predicted octanol–water partition coefficient (Wildman–Crippen LogP) is 1.47. The normalized spacial score (nSPS) is 24.8. The molecule has 0 spiro atoms. The summed E-state index contributed by atoms with van der Waals surface area (Å²) >= 11 is 0. The second-order valence-corrected chi connectivity index (χ2v) is 3.91. The first kappa shape index (κ1) is 10.0. The molecule has 72 valence electrons. The van der Waals surface area contributed by atoms with Crippen LogP contribution < -0.4 is 5.32 Å². The second kappa shape index (κ2) is 5.55. The Balaban J connectivity index is 2.11. The Kier molecular flexibility index (Phi) is 4.62. The van der Waals surface area contributed by atoms with Crippen LogP contribution in [0.15, 0.2) is 0 Å². The molecule has 0 aromatic carbocycles. The maximum Gasteiger partial charge on any atom is 0.0194 e. The molecule has 1 saturated heterocycles. The summed E-state index contributed by atoms with van der Waals surface area (Å²) in [4.78, 5) is 2.43. The number of nitrogens with zero attached hydrogens (tertiary/aromatic N) is 1. The lowest BCUT2D eigenvalue weighted by Crippen LogP contribution is -2.42. The highest BCUT2D eigenvalue weighted by molar-refractivity contribution is 4.74. The standard InChI is InChI=1S/C10H22N2/c1-3-8-12(2)9-10-6-4-5-7-11-10/h10-11H,3-9H2,1-2H3/t10-/m1/s1. The van der Waals surface area contributed by atoms with Gasteiger partial charge in [0.2, 0.25) is 0 Å². The molecule has 0 amide bonds. The first-order valence-electron chi connectivity index (χ1n) is 5.25. The Labute approximate surface area is 76.3 Å². The molecule has 1 heterocycles. The van der Waals surface area contributed by atoms with Crippen molar-refractivity contribution in [2.75, 3.05) is 26.7 Å². The van der Waals surface area contributed by atoms with Crippen LogP contribution in [0.2, 0.25) is 0 Å². The van der Waals surface area contributed by atoms with Crippen LogP contribution >= 0.6 is 0 Å². The summed E-state index contributed by atoms with van der Waals surface area (Å²) in [5.74, 6) is 0. The molecule has 1 aliphatic heterocycles. The molecule has 2 heteroatoms. The van der Waals surface area contributed by atoms with Gasteiger partial charge in [0.15, 0.2) is 0 Å². The van der Waals surface area contributed by atoms with Crippen LogP contribution in [0.5, 0.6) is 0 Å². The van der Waals surface area contributed by atoms with Crippen molar-refractivity contribution < 1.29 is 0 Å². The minimum atomic E-state index is 0.760. The maximum absolute atomic E-state index is 3.57. The minimum absolute atomic E-state index is 0.760. The van der Waals surface area contributed by atoms with E-state index in [4.69, 9.17) is 0 Å². The Morgan fingerprint density at radius 1 is 1.42 bits per heavy atom. The minimum Gasteiger partial charge on any atom is -0.313 e. The third-order valence-electron chi connectivity index (χ3n) is 2.55. The number of hydrogen-bond acceptors (Lipinski definition) is 2. The molecular weight excluding hydrogens is 148 g/mol. The zero-order valence-corrected chi connectivity index (χ0v) is 8.47. The lowest BCUT2D eigenvalue weighted by molar-refractivity contribution is 0.263. The van der Waals surface area contributed by atoms with E-state index in [-0.39, 0.29) is 0 Å². The van der Waals surface area contributed by atoms with Gasteiger partial charge in [-0.1, -0.05) is 13.3 Å². The molecule has 0 unspecified atom stereocenters. The zero-order valence-electron chi connectivity index (χ0n) is 8.47. The molecular formula is C10H22N2. The number of likely N-dealkylation sites (N-methyl/N-ethyl adjacent to an activating group) is 1. The molecule has 0 saturated carbocycles. The Bertz CT molecular complexity index is 108. The fourth-order valence-electron chi connectivity index (χ4n) is 1.93. The van der Waals surface area contributed by atoms with Crippen molar-refractivity contribution >= 4 is 0 Å². The molecule has 0 bridgehead atoms. The summed E-state index contributed by atoms with van der Waals surface area (Å²) in [5.41, 5.74) is 0. The summed E-state index contributed by atoms with van der Waals surface area (Å²) in [7, 11) is 2.22. The van der Waals surface area contributed by atoms with Crippen LogP contribution in [0.3, 0.4) is 0 Å². The fraction of sp³-hybridized carbons (Fsp3) is 1.00. The average molecular weight is 170 g/mol. The number of rotatable bonds is 4. The lowest BCUT2D eigenvalue weighted by atomic mass is 10.0. The van der Waals surface area contributed by atoms with E-state index >= 15 is 0 Å². The number of piperidine rings is 1. The maximum atomic E-state index is 3.57. The Morgan fingerprint density at radius 2 is 2.25 bits per heavy atom. The van der Waals surface area contributed by atoms with Crippen LogP contribution in [0.25, 0.3) is 0 Å². The number of nitrogens with one attached hydrogen (secondary N) is 1. The molecule has 2 nitrogen and oxygen atoms in total. The molecule has 0 aromatic rings. The van der Waals surface area contributed by atoms with Crippen molar-refractivity contribution in [3.05, 3.63) is 0 Å². The van der Waals surface area contributed by atoms with Gasteiger partial charge in [-0.25, -0.2) is 0 Å². The third-order valence-corrected chi connectivity index (χ3v) is 2.55. The molecule has 0 aliphatic carbocycles. The summed E-state index contributed by atoms with van der Waals surface area (Å²) < 4.78 is 0. The highest BCUT2D eigenvalue weighted by Crippen LogP contribution is 2.07. The van der Waals surface area contributed by atoms with E-state index in [1.54, 1.807) is 0 Å². The van der Waals surface area contributed by atoms with Gasteiger partial charge in [0.1, 0.15) is 0 Å². The number of hydrogen-bond donors (Lipinski definition) is 1. The summed E-state index contributed by atoms with van der Waals surface area (Å²) in [6, 6.07) is 0.760. The van der Waals surface area contributed by atoms with Gasteiger partial charge in [0, 0.05) is 12.6 Å². The molecule has 12 heavy (non-hydrogen) atoms. The van der Waals surface area contributed by atoms with E-state index in [0.29, 0.717) is 0 Å². The summed E-state index contributed by atoms with van der Waals surface area (Å²) in [5, 5.41) is 3.57. The van der Waals surface area contributed by atoms with Crippen LogP contribution in [0.4, 0.5) is 0 Å².